The monoisotopic (exact) mass is 505 g/mol. The third-order valence-corrected chi connectivity index (χ3v) is 7.93. The maximum atomic E-state index is 13.9. The molecule has 1 N–H and O–H groups in total. The van der Waals surface area contributed by atoms with Gasteiger partial charge in [-0.15, -0.1) is 11.3 Å². The molecule has 1 saturated heterocycles. The third-order valence-electron chi connectivity index (χ3n) is 5.26. The lowest BCUT2D eigenvalue weighted by molar-refractivity contribution is -0.122. The molecule has 3 aromatic rings. The van der Waals surface area contributed by atoms with E-state index in [2.05, 4.69) is 10.3 Å². The number of morpholine rings is 1. The number of para-hydroxylation sites is 1. The fourth-order valence-corrected chi connectivity index (χ4v) is 5.53. The number of carbonyl (C=O) groups excluding carboxylic acids is 1. The quantitative estimate of drug-likeness (QED) is 0.501. The number of thiazole rings is 1. The van der Waals surface area contributed by atoms with E-state index >= 15 is 0 Å². The number of halogens is 1. The van der Waals surface area contributed by atoms with Crippen molar-refractivity contribution in [3.05, 3.63) is 59.7 Å². The Morgan fingerprint density at radius 1 is 1.21 bits per heavy atom. The lowest BCUT2D eigenvalue weighted by Gasteiger charge is -2.26. The molecule has 34 heavy (non-hydrogen) atoms. The standard InChI is InChI=1S/C23H24FN3O5S2/c1-2-20(32-21-6-4-3-5-18(21)24)22(28)26-23-25-19(15-33-23)16-7-9-17(10-8-16)34(29,30)27-11-13-31-14-12-27/h3-10,15,20H,2,11-14H2,1H3,(H,25,26,28)/t20-/m0/s1. The van der Waals surface area contributed by atoms with E-state index in [4.69, 9.17) is 9.47 Å². The van der Waals surface area contributed by atoms with Crippen LogP contribution in [0.3, 0.4) is 0 Å². The van der Waals surface area contributed by atoms with Gasteiger partial charge in [-0.3, -0.25) is 10.1 Å². The zero-order valence-electron chi connectivity index (χ0n) is 18.4. The summed E-state index contributed by atoms with van der Waals surface area (Å²) in [6.45, 7) is 3.20. The van der Waals surface area contributed by atoms with Crippen LogP contribution in [0.15, 0.2) is 58.8 Å². The molecule has 8 nitrogen and oxygen atoms in total. The molecule has 0 spiro atoms. The van der Waals surface area contributed by atoms with E-state index in [0.29, 0.717) is 49.1 Å². The number of ether oxygens (including phenoxy) is 2. The molecule has 180 valence electrons. The SMILES string of the molecule is CC[C@H](Oc1ccccc1F)C(=O)Nc1nc(-c2ccc(S(=O)(=O)N3CCOCC3)cc2)cs1. The van der Waals surface area contributed by atoms with Gasteiger partial charge in [0.2, 0.25) is 10.0 Å². The van der Waals surface area contributed by atoms with Crippen molar-refractivity contribution in [1.82, 2.24) is 9.29 Å². The van der Waals surface area contributed by atoms with E-state index in [1.54, 1.807) is 48.7 Å². The fraction of sp³-hybridized carbons (Fsp3) is 0.304. The smallest absolute Gasteiger partial charge is 0.267 e. The summed E-state index contributed by atoms with van der Waals surface area (Å²) in [5.74, 6) is -0.959. The Hall–Kier alpha value is -2.86. The number of carbonyl (C=O) groups is 1. The highest BCUT2D eigenvalue weighted by Crippen LogP contribution is 2.27. The second kappa shape index (κ2) is 10.6. The molecule has 0 aliphatic carbocycles. The molecule has 0 saturated carbocycles. The molecule has 0 unspecified atom stereocenters. The van der Waals surface area contributed by atoms with Gasteiger partial charge in [0.15, 0.2) is 22.8 Å². The predicted molar refractivity (Wildman–Crippen MR) is 127 cm³/mol. The molecular formula is C23H24FN3O5S2. The van der Waals surface area contributed by atoms with E-state index < -0.39 is 27.9 Å². The molecule has 2 heterocycles. The first-order chi connectivity index (χ1) is 16.4. The Morgan fingerprint density at radius 2 is 1.91 bits per heavy atom. The second-order valence-corrected chi connectivity index (χ2v) is 10.3. The largest absolute Gasteiger partial charge is 0.478 e. The summed E-state index contributed by atoms with van der Waals surface area (Å²) in [7, 11) is -3.58. The van der Waals surface area contributed by atoms with E-state index in [9.17, 15) is 17.6 Å². The molecule has 0 bridgehead atoms. The molecule has 1 aliphatic heterocycles. The second-order valence-electron chi connectivity index (χ2n) is 7.51. The zero-order chi connectivity index (χ0) is 24.1. The minimum absolute atomic E-state index is 0.0106. The maximum absolute atomic E-state index is 13.9. The summed E-state index contributed by atoms with van der Waals surface area (Å²) in [6.07, 6.45) is -0.536. The average molecular weight is 506 g/mol. The Labute approximate surface area is 201 Å². The number of aromatic nitrogens is 1. The summed E-state index contributed by atoms with van der Waals surface area (Å²) in [5.41, 5.74) is 1.31. The Balaban J connectivity index is 1.42. The Morgan fingerprint density at radius 3 is 2.59 bits per heavy atom. The summed E-state index contributed by atoms with van der Waals surface area (Å²) in [4.78, 5) is 17.3. The number of nitrogens with zero attached hydrogens (tertiary/aromatic N) is 2. The van der Waals surface area contributed by atoms with Gasteiger partial charge in [-0.2, -0.15) is 4.31 Å². The van der Waals surface area contributed by atoms with Crippen LogP contribution in [0.2, 0.25) is 0 Å². The van der Waals surface area contributed by atoms with E-state index in [0.717, 1.165) is 0 Å². The van der Waals surface area contributed by atoms with E-state index in [1.165, 1.54) is 27.8 Å². The number of anilines is 1. The van der Waals surface area contributed by atoms with E-state index in [-0.39, 0.29) is 10.6 Å². The number of benzene rings is 2. The zero-order valence-corrected chi connectivity index (χ0v) is 20.1. The van der Waals surface area contributed by atoms with Gasteiger partial charge < -0.3 is 9.47 Å². The first-order valence-corrected chi connectivity index (χ1v) is 13.1. The van der Waals surface area contributed by atoms with Crippen molar-refractivity contribution in [2.24, 2.45) is 0 Å². The Kier molecular flexibility index (Phi) is 7.57. The van der Waals surface area contributed by atoms with Gasteiger partial charge >= 0.3 is 0 Å². The number of amides is 1. The van der Waals surface area contributed by atoms with Gasteiger partial charge in [0.25, 0.3) is 5.91 Å². The molecule has 1 fully saturated rings. The normalized spacial score (nSPS) is 15.6. The first-order valence-electron chi connectivity index (χ1n) is 10.7. The van der Waals surface area contributed by atoms with E-state index in [1.807, 2.05) is 0 Å². The molecule has 1 amide bonds. The predicted octanol–water partition coefficient (Wildman–Crippen LogP) is 3.77. The molecule has 4 rings (SSSR count). The number of rotatable bonds is 8. The van der Waals surface area contributed by atoms with Crippen LogP contribution >= 0.6 is 11.3 Å². The van der Waals surface area contributed by atoms with Crippen LogP contribution < -0.4 is 10.1 Å². The Bertz CT molecular complexity index is 1240. The summed E-state index contributed by atoms with van der Waals surface area (Å²) >= 11 is 1.23. The molecule has 1 aromatic heterocycles. The number of hydrogen-bond donors (Lipinski definition) is 1. The van der Waals surface area contributed by atoms with Crippen LogP contribution in [-0.2, 0) is 19.6 Å². The van der Waals surface area contributed by atoms with Gasteiger partial charge in [-0.25, -0.2) is 17.8 Å². The van der Waals surface area contributed by atoms with Crippen LogP contribution in [0.4, 0.5) is 9.52 Å². The lowest BCUT2D eigenvalue weighted by atomic mass is 10.2. The van der Waals surface area contributed by atoms with Crippen molar-refractivity contribution >= 4 is 32.4 Å². The summed E-state index contributed by atoms with van der Waals surface area (Å²) < 4.78 is 51.6. The lowest BCUT2D eigenvalue weighted by Crippen LogP contribution is -2.40. The van der Waals surface area contributed by atoms with Gasteiger partial charge in [0.1, 0.15) is 0 Å². The third kappa shape index (κ3) is 5.44. The first kappa shape index (κ1) is 24.3. The minimum atomic E-state index is -3.58. The van der Waals surface area contributed by atoms with Crippen LogP contribution in [0.25, 0.3) is 11.3 Å². The van der Waals surface area contributed by atoms with Gasteiger partial charge in [-0.05, 0) is 30.7 Å². The number of hydrogen-bond acceptors (Lipinski definition) is 7. The van der Waals surface area contributed by atoms with Crippen molar-refractivity contribution in [2.75, 3.05) is 31.6 Å². The number of nitrogens with one attached hydrogen (secondary N) is 1. The van der Waals surface area contributed by atoms with Gasteiger partial charge in [-0.1, -0.05) is 31.2 Å². The van der Waals surface area contributed by atoms with Crippen LogP contribution in [0.5, 0.6) is 5.75 Å². The van der Waals surface area contributed by atoms with Crippen LogP contribution in [-0.4, -0.2) is 56.0 Å². The molecule has 0 radical (unpaired) electrons. The minimum Gasteiger partial charge on any atom is -0.478 e. The topological polar surface area (TPSA) is 97.8 Å². The average Bonchev–Trinajstić information content (AvgIpc) is 3.32. The highest BCUT2D eigenvalue weighted by molar-refractivity contribution is 7.89. The van der Waals surface area contributed by atoms with Crippen LogP contribution in [0.1, 0.15) is 13.3 Å². The summed E-state index contributed by atoms with van der Waals surface area (Å²) in [5, 5.41) is 4.83. The fourth-order valence-electron chi connectivity index (χ4n) is 3.40. The molecule has 11 heteroatoms. The molecular weight excluding hydrogens is 481 g/mol. The van der Waals surface area contributed by atoms with Crippen LogP contribution in [0, 0.1) is 5.82 Å². The highest BCUT2D eigenvalue weighted by atomic mass is 32.2. The maximum Gasteiger partial charge on any atom is 0.267 e. The van der Waals surface area contributed by atoms with Crippen molar-refractivity contribution in [3.8, 4) is 17.0 Å². The molecule has 1 atom stereocenters. The van der Waals surface area contributed by atoms with Crippen molar-refractivity contribution in [1.29, 1.82) is 0 Å². The number of sulfonamides is 1. The highest BCUT2D eigenvalue weighted by Gasteiger charge is 2.26. The van der Waals surface area contributed by atoms with Gasteiger partial charge in [0.05, 0.1) is 23.8 Å². The van der Waals surface area contributed by atoms with Crippen molar-refractivity contribution in [3.63, 3.8) is 0 Å². The van der Waals surface area contributed by atoms with Crippen molar-refractivity contribution in [2.45, 2.75) is 24.3 Å². The summed E-state index contributed by atoms with van der Waals surface area (Å²) in [6, 6.07) is 12.4. The molecule has 1 aliphatic rings. The van der Waals surface area contributed by atoms with Gasteiger partial charge in [0, 0.05) is 24.0 Å². The van der Waals surface area contributed by atoms with Crippen molar-refractivity contribution < 1.29 is 27.1 Å². The molecule has 2 aromatic carbocycles.